The van der Waals surface area contributed by atoms with Crippen LogP contribution >= 0.6 is 12.4 Å². The van der Waals surface area contributed by atoms with E-state index in [9.17, 15) is 64.5 Å². The Bertz CT molecular complexity index is 4210. The number of nitrogens with two attached hydrogens (primary N) is 1. The number of hydrogen-bond acceptors (Lipinski definition) is 24. The van der Waals surface area contributed by atoms with Gasteiger partial charge in [0.05, 0.1) is 80.8 Å². The third kappa shape index (κ3) is 10.4. The van der Waals surface area contributed by atoms with E-state index in [4.69, 9.17) is 38.9 Å². The number of H-pyrrole nitrogens is 1. The van der Waals surface area contributed by atoms with Gasteiger partial charge in [0.25, 0.3) is 0 Å². The Morgan fingerprint density at radius 2 is 1.56 bits per heavy atom. The number of aromatic hydroxyl groups is 2. The summed E-state index contributed by atoms with van der Waals surface area (Å²) in [6.45, 7) is 8.72. The standard InChI is InChI=1S/C46H56N4O10.C27H29NO11.ClH/c1-7-42(55)22-28-23-45(40(53)58-5,36-30(14-18-48(24-28)25-42)29-12-9-10-13-33(29)47-36)32-20-31-34(21-35(32)57-4)50(26-51)38-44(31)16-19-49-17-11-15-43(8-2,37(44)49)39(60-27(3)52)46(38,56)41(54)59-6;1-10-22(31)13(28)6-17(38-10)39-15-8-27(36,16(30)9-29)7-12-19(15)26(35)21-20(24(12)33)23(32)11-4-3-5-14(37-2)18(11)25(21)34;/h9-13,15,20-21,26,28,37-39,47,55-56H,7-8,14,16-19,22-25H2,1-6H3;3-5,10,13,15,17,22,29,31,33,35-36H,6-9,28H2,1-2H3;1H/t28-,37+,38-,39-,42+,43-,44-,45+,46+;10-,13-,15-,17-,22+,27-;/m10./s1. The predicted octanol–water partition coefficient (Wildman–Crippen LogP) is 3.94. The number of aliphatic hydroxyl groups excluding tert-OH is 2. The molecular formula is C73H86ClN5O21. The van der Waals surface area contributed by atoms with Crippen LogP contribution in [0.15, 0.2) is 66.7 Å². The number of Topliss-reactive ketones (excluding diaryl/α,β-unsaturated/α-hetero) is 1. The number of phenols is 2. The number of fused-ring (bicyclic) bond motifs is 9. The van der Waals surface area contributed by atoms with E-state index >= 15 is 4.79 Å². The number of methoxy groups -OCH3 is 4. The van der Waals surface area contributed by atoms with Gasteiger partial charge in [-0.1, -0.05) is 56.3 Å². The number of amides is 1. The normalized spacial score (nSPS) is 33.5. The second-order valence-electron chi connectivity index (χ2n) is 28.3. The van der Waals surface area contributed by atoms with Crippen molar-refractivity contribution in [2.45, 2.75) is 162 Å². The topological polar surface area (TPSA) is 377 Å². The Hall–Kier alpha value is -7.86. The molecule has 7 heterocycles. The number of phenolic OH excluding ortho intramolecular Hbond substituents is 2. The number of aromatic nitrogens is 1. The minimum absolute atomic E-state index is 0. The van der Waals surface area contributed by atoms with Crippen LogP contribution in [0.5, 0.6) is 23.0 Å². The molecule has 100 heavy (non-hydrogen) atoms. The maximum absolute atomic E-state index is 15.3. The lowest BCUT2D eigenvalue weighted by atomic mass is 9.47. The van der Waals surface area contributed by atoms with Gasteiger partial charge in [-0.15, -0.1) is 12.4 Å². The first kappa shape index (κ1) is 71.9. The number of nitrogens with zero attached hydrogens (tertiary/aromatic N) is 3. The van der Waals surface area contributed by atoms with Crippen molar-refractivity contribution >= 4 is 70.7 Å². The number of hydrogen-bond donors (Lipinski definition) is 9. The third-order valence-corrected chi connectivity index (χ3v) is 23.3. The van der Waals surface area contributed by atoms with E-state index in [0.29, 0.717) is 99.5 Å². The second-order valence-corrected chi connectivity index (χ2v) is 28.3. The Kier molecular flexibility index (Phi) is 18.8. The zero-order chi connectivity index (χ0) is 71.0. The van der Waals surface area contributed by atoms with Crippen molar-refractivity contribution in [1.29, 1.82) is 0 Å². The zero-order valence-electron chi connectivity index (χ0n) is 56.9. The van der Waals surface area contributed by atoms with Crippen molar-refractivity contribution in [1.82, 2.24) is 14.8 Å². The molecule has 0 radical (unpaired) electrons. The van der Waals surface area contributed by atoms with Crippen molar-refractivity contribution in [3.8, 4) is 23.0 Å². The smallest absolute Gasteiger partial charge is 0.344 e. The summed E-state index contributed by atoms with van der Waals surface area (Å²) in [4.78, 5) is 106. The van der Waals surface area contributed by atoms with Gasteiger partial charge in [-0.25, -0.2) is 4.79 Å². The number of piperidine rings is 1. The highest BCUT2D eigenvalue weighted by Crippen LogP contribution is 2.69. The molecule has 1 saturated carbocycles. The number of para-hydroxylation sites is 1. The molecule has 3 aliphatic carbocycles. The minimum atomic E-state index is -2.53. The fourth-order valence-electron chi connectivity index (χ4n) is 19.1. The number of carbonyl (C=O) groups is 7. The summed E-state index contributed by atoms with van der Waals surface area (Å²) in [6, 6.07) is 13.6. The SMILES string of the molecule is CC[C@]1(O)C[C@H]2CN(CCc3c([nH]c4ccccc34)[C@@](C(=O)OC)(c3cc4c(cc3OC)N(C=O)[C@H]3[C@@](O)(C(=O)OC)[C@H](OC(C)=O)[C@]5(CC)C=CCN6CC[C@]43[C@@H]65)C2)C1.COc1cccc2c1C(=O)c1c(O)c3c(c(O)c1C2=O)C[C@@](O)(C(=O)CO)C[C@@H]3O[C@H]1C[C@H](N)[C@H](O)[C@H](C)O1.Cl. The first-order valence-corrected chi connectivity index (χ1v) is 33.7. The molecule has 1 aromatic heterocycles. The van der Waals surface area contributed by atoms with E-state index in [1.165, 1.54) is 58.5 Å². The third-order valence-electron chi connectivity index (χ3n) is 23.3. The fourth-order valence-corrected chi connectivity index (χ4v) is 19.1. The van der Waals surface area contributed by atoms with Crippen molar-refractivity contribution in [3.63, 3.8) is 0 Å². The Balaban J connectivity index is 0.000000205. The number of ether oxygens (including phenoxy) is 7. The molecule has 2 bridgehead atoms. The number of ketones is 3. The number of rotatable bonds is 13. The maximum atomic E-state index is 15.3. The average Bonchev–Trinajstić information content (AvgIpc) is 1.46. The molecule has 26 nitrogen and oxygen atoms in total. The first-order valence-electron chi connectivity index (χ1n) is 33.7. The van der Waals surface area contributed by atoms with Crippen molar-refractivity contribution < 1.29 is 102 Å². The van der Waals surface area contributed by atoms with Crippen molar-refractivity contribution in [2.24, 2.45) is 17.1 Å². The van der Waals surface area contributed by atoms with E-state index < -0.39 is 159 Å². The summed E-state index contributed by atoms with van der Waals surface area (Å²) in [6.07, 6.45) is 0.710. The van der Waals surface area contributed by atoms with Gasteiger partial charge in [-0.2, -0.15) is 0 Å². The van der Waals surface area contributed by atoms with Crippen LogP contribution in [0.4, 0.5) is 5.69 Å². The van der Waals surface area contributed by atoms with E-state index in [0.717, 1.165) is 16.5 Å². The van der Waals surface area contributed by atoms with Crippen LogP contribution in [0.25, 0.3) is 10.9 Å². The number of benzene rings is 4. The monoisotopic (exact) mass is 1400 g/mol. The molecule has 9 aliphatic rings. The average molecular weight is 1400 g/mol. The number of aliphatic hydroxyl groups is 5. The van der Waals surface area contributed by atoms with Crippen LogP contribution in [-0.2, 0) is 71.3 Å². The van der Waals surface area contributed by atoms with Gasteiger partial charge in [0.15, 0.2) is 24.0 Å². The van der Waals surface area contributed by atoms with Gasteiger partial charge < -0.3 is 84.5 Å². The summed E-state index contributed by atoms with van der Waals surface area (Å²) in [7, 11) is 5.41. The summed E-state index contributed by atoms with van der Waals surface area (Å²) in [5.74, 6) is -5.84. The van der Waals surface area contributed by atoms with Crippen molar-refractivity contribution in [2.75, 3.05) is 72.7 Å². The summed E-state index contributed by atoms with van der Waals surface area (Å²) in [5, 5.41) is 79.9. The minimum Gasteiger partial charge on any atom is -0.507 e. The molecule has 536 valence electrons. The molecule has 3 saturated heterocycles. The molecule has 1 spiro atoms. The zero-order valence-corrected chi connectivity index (χ0v) is 57.7. The van der Waals surface area contributed by atoms with Crippen LogP contribution in [0.3, 0.4) is 0 Å². The number of halogens is 1. The molecule has 10 N–H and O–H groups in total. The predicted molar refractivity (Wildman–Crippen MR) is 360 cm³/mol. The lowest BCUT2D eigenvalue weighted by molar-refractivity contribution is -0.247. The van der Waals surface area contributed by atoms with Gasteiger partial charge in [-0.05, 0) is 87.2 Å². The lowest BCUT2D eigenvalue weighted by Crippen LogP contribution is -2.81. The van der Waals surface area contributed by atoms with Crippen LogP contribution in [0.1, 0.15) is 144 Å². The van der Waals surface area contributed by atoms with Gasteiger partial charge in [-0.3, -0.25) is 38.6 Å². The number of carbonyl (C=O) groups excluding carboxylic acids is 7. The highest BCUT2D eigenvalue weighted by molar-refractivity contribution is 6.31. The molecule has 16 atom stereocenters. The highest BCUT2D eigenvalue weighted by Gasteiger charge is 2.81. The molecule has 14 rings (SSSR count). The van der Waals surface area contributed by atoms with Crippen LogP contribution in [-0.4, -0.2) is 219 Å². The summed E-state index contributed by atoms with van der Waals surface area (Å²) >= 11 is 0. The van der Waals surface area contributed by atoms with Crippen LogP contribution in [0, 0.1) is 11.3 Å². The molecular weight excluding hydrogens is 1320 g/mol. The highest BCUT2D eigenvalue weighted by atomic mass is 35.5. The van der Waals surface area contributed by atoms with E-state index in [1.807, 2.05) is 50.3 Å². The molecule has 1 amide bonds. The quantitative estimate of drug-likeness (QED) is 0.0260. The largest absolute Gasteiger partial charge is 0.507 e. The number of nitrogens with one attached hydrogen (secondary N) is 1. The van der Waals surface area contributed by atoms with Crippen molar-refractivity contribution in [3.05, 3.63) is 123 Å². The molecule has 4 aromatic carbocycles. The number of anilines is 1. The molecule has 27 heteroatoms. The molecule has 6 aliphatic heterocycles. The molecule has 1 unspecified atom stereocenters. The summed E-state index contributed by atoms with van der Waals surface area (Å²) < 4.78 is 40.7. The number of aromatic amines is 1. The Morgan fingerprint density at radius 1 is 0.840 bits per heavy atom. The van der Waals surface area contributed by atoms with Crippen LogP contribution in [0.2, 0.25) is 0 Å². The van der Waals surface area contributed by atoms with Gasteiger partial charge in [0, 0.05) is 120 Å². The van der Waals surface area contributed by atoms with Crippen LogP contribution < -0.4 is 20.1 Å². The lowest BCUT2D eigenvalue weighted by Gasteiger charge is -2.63. The molecule has 5 aromatic rings. The molecule has 4 fully saturated rings. The summed E-state index contributed by atoms with van der Waals surface area (Å²) in [5.41, 5.74) is -0.777. The van der Waals surface area contributed by atoms with E-state index in [2.05, 4.69) is 20.9 Å². The van der Waals surface area contributed by atoms with Gasteiger partial charge >= 0.3 is 17.9 Å². The van der Waals surface area contributed by atoms with Gasteiger partial charge in [0.1, 0.15) is 40.6 Å². The maximum Gasteiger partial charge on any atom is 0.344 e. The van der Waals surface area contributed by atoms with E-state index in [1.54, 1.807) is 13.0 Å². The fraction of sp³-hybridized carbons (Fsp3) is 0.521. The number of esters is 3. The first-order chi connectivity index (χ1) is 47.2. The van der Waals surface area contributed by atoms with Gasteiger partial charge in [0.2, 0.25) is 17.8 Å². The Morgan fingerprint density at radius 3 is 2.22 bits per heavy atom. The second kappa shape index (κ2) is 26.2. The Labute approximate surface area is 582 Å². The van der Waals surface area contributed by atoms with E-state index in [-0.39, 0.29) is 59.2 Å².